The number of carbonyl (C=O) groups is 1. The normalized spacial score (nSPS) is 15.7. The second-order valence-corrected chi connectivity index (χ2v) is 15.8. The van der Waals surface area contributed by atoms with Crippen molar-refractivity contribution in [3.05, 3.63) is 100 Å². The van der Waals surface area contributed by atoms with E-state index in [0.717, 1.165) is 39.3 Å². The second kappa shape index (κ2) is 15.6. The molecule has 14 heteroatoms. The number of hydrogen-bond donors (Lipinski definition) is 4. The van der Waals surface area contributed by atoms with Gasteiger partial charge in [0.15, 0.2) is 5.96 Å². The van der Waals surface area contributed by atoms with Gasteiger partial charge in [-0.25, -0.2) is 8.42 Å². The largest absolute Gasteiger partial charge is 0.370 e. The summed E-state index contributed by atoms with van der Waals surface area (Å²) in [6.45, 7) is 5.12. The maximum absolute atomic E-state index is 13.7. The van der Waals surface area contributed by atoms with E-state index >= 15 is 0 Å². The van der Waals surface area contributed by atoms with Crippen molar-refractivity contribution in [2.45, 2.75) is 42.5 Å². The lowest BCUT2D eigenvalue weighted by Crippen LogP contribution is -2.51. The SMILES string of the molecule is C[C@@H](NS(=O)(=O)c1ccc(I)cc1)C(=O)N(C[C@@H]1CCCN(C(=N)N)C1)c1ccc2ccccc2c1.Cc1ccc(S(=O)(=O)O)cc1. The third-order valence-corrected chi connectivity index (χ3v) is 10.9. The highest BCUT2D eigenvalue weighted by atomic mass is 127. The Bertz CT molecular complexity index is 1940. The number of sulfonamides is 1. The number of likely N-dealkylation sites (tertiary alicyclic amines) is 1. The molecule has 47 heavy (non-hydrogen) atoms. The maximum atomic E-state index is 13.7. The van der Waals surface area contributed by atoms with Gasteiger partial charge in [-0.2, -0.15) is 13.1 Å². The topological polar surface area (TPSA) is 174 Å². The lowest BCUT2D eigenvalue weighted by Gasteiger charge is -2.36. The predicted molar refractivity (Wildman–Crippen MR) is 192 cm³/mol. The van der Waals surface area contributed by atoms with Crippen LogP contribution >= 0.6 is 22.6 Å². The van der Waals surface area contributed by atoms with Crippen molar-refractivity contribution < 1.29 is 26.2 Å². The Hall–Kier alpha value is -3.57. The first-order valence-electron chi connectivity index (χ1n) is 14.9. The molecule has 4 aromatic carbocycles. The van der Waals surface area contributed by atoms with Gasteiger partial charge in [-0.15, -0.1) is 0 Å². The van der Waals surface area contributed by atoms with Crippen LogP contribution in [0.5, 0.6) is 0 Å². The van der Waals surface area contributed by atoms with Crippen molar-refractivity contribution in [2.75, 3.05) is 24.5 Å². The number of nitrogens with zero attached hydrogens (tertiary/aromatic N) is 2. The van der Waals surface area contributed by atoms with Gasteiger partial charge in [-0.05, 0) is 115 Å². The molecule has 0 bridgehead atoms. The Balaban J connectivity index is 0.000000385. The van der Waals surface area contributed by atoms with Gasteiger partial charge in [0.05, 0.1) is 15.8 Å². The minimum atomic E-state index is -4.02. The Morgan fingerprint density at radius 1 is 1.00 bits per heavy atom. The highest BCUT2D eigenvalue weighted by molar-refractivity contribution is 14.1. The molecule has 0 aliphatic carbocycles. The van der Waals surface area contributed by atoms with E-state index < -0.39 is 26.2 Å². The first-order chi connectivity index (χ1) is 22.1. The fraction of sp³-hybridized carbons (Fsp3) is 0.273. The van der Waals surface area contributed by atoms with Gasteiger partial charge in [0.2, 0.25) is 15.9 Å². The summed E-state index contributed by atoms with van der Waals surface area (Å²) in [6, 6.07) is 25.2. The predicted octanol–water partition coefficient (Wildman–Crippen LogP) is 4.99. The summed E-state index contributed by atoms with van der Waals surface area (Å²) in [5.74, 6) is -0.209. The first kappa shape index (κ1) is 36.3. The zero-order chi connectivity index (χ0) is 34.4. The molecule has 5 rings (SSSR count). The lowest BCUT2D eigenvalue weighted by atomic mass is 9.96. The number of anilines is 1. The van der Waals surface area contributed by atoms with E-state index in [1.807, 2.05) is 54.3 Å². The molecule has 4 aromatic rings. The zero-order valence-corrected chi connectivity index (χ0v) is 29.8. The van der Waals surface area contributed by atoms with Crippen LogP contribution in [0.4, 0.5) is 5.69 Å². The fourth-order valence-electron chi connectivity index (χ4n) is 5.27. The van der Waals surface area contributed by atoms with Crippen molar-refractivity contribution >= 4 is 71.1 Å². The summed E-state index contributed by atoms with van der Waals surface area (Å²) in [6.07, 6.45) is 1.77. The highest BCUT2D eigenvalue weighted by Gasteiger charge is 2.30. The number of nitrogens with two attached hydrogens (primary N) is 1. The van der Waals surface area contributed by atoms with E-state index in [1.54, 1.807) is 36.1 Å². The summed E-state index contributed by atoms with van der Waals surface area (Å²) in [4.78, 5) is 17.3. The Kier molecular flexibility index (Phi) is 12.0. The highest BCUT2D eigenvalue weighted by Crippen LogP contribution is 2.26. The van der Waals surface area contributed by atoms with E-state index in [9.17, 15) is 21.6 Å². The average Bonchev–Trinajstić information content (AvgIpc) is 3.03. The molecule has 0 unspecified atom stereocenters. The van der Waals surface area contributed by atoms with Crippen LogP contribution in [0.2, 0.25) is 0 Å². The smallest absolute Gasteiger partial charge is 0.294 e. The molecule has 0 radical (unpaired) electrons. The first-order valence-corrected chi connectivity index (χ1v) is 18.9. The summed E-state index contributed by atoms with van der Waals surface area (Å²) in [5.41, 5.74) is 7.39. The molecule has 5 N–H and O–H groups in total. The number of aryl methyl sites for hydroxylation is 1. The molecule has 1 aliphatic heterocycles. The molecular weight excluding hydrogens is 753 g/mol. The van der Waals surface area contributed by atoms with E-state index in [-0.39, 0.29) is 27.6 Å². The summed E-state index contributed by atoms with van der Waals surface area (Å²) in [7, 11) is -7.90. The van der Waals surface area contributed by atoms with Crippen LogP contribution in [0.3, 0.4) is 0 Å². The minimum absolute atomic E-state index is 0.0296. The van der Waals surface area contributed by atoms with Crippen molar-refractivity contribution in [3.63, 3.8) is 0 Å². The van der Waals surface area contributed by atoms with Crippen LogP contribution in [0.15, 0.2) is 101 Å². The molecule has 11 nitrogen and oxygen atoms in total. The standard InChI is InChI=1S/C26H30IN5O3S.C7H8O3S/c1-18(30-36(34,35)24-12-9-22(27)10-13-24)25(33)32(17-19-5-4-14-31(16-19)26(28)29)23-11-8-20-6-2-3-7-21(20)15-23;1-6-2-4-7(5-3-6)11(8,9)10/h2-3,6-13,15,18-19,30H,4-5,14,16-17H2,1H3,(H3,28,29);2-5H,1H3,(H,8,9,10)/t18-,19-;/m1./s1. The van der Waals surface area contributed by atoms with Crippen molar-refractivity contribution in [3.8, 4) is 0 Å². The van der Waals surface area contributed by atoms with Gasteiger partial charge < -0.3 is 15.5 Å². The molecular formula is C33H38IN5O6S2. The van der Waals surface area contributed by atoms with E-state index in [1.165, 1.54) is 24.3 Å². The van der Waals surface area contributed by atoms with Crippen molar-refractivity contribution in [1.82, 2.24) is 9.62 Å². The summed E-state index contributed by atoms with van der Waals surface area (Å²) < 4.78 is 59.0. The number of guanidine groups is 1. The Labute approximate surface area is 289 Å². The second-order valence-electron chi connectivity index (χ2n) is 11.4. The van der Waals surface area contributed by atoms with Gasteiger partial charge in [-0.3, -0.25) is 14.8 Å². The van der Waals surface area contributed by atoms with E-state index in [0.29, 0.717) is 18.8 Å². The number of hydrogen-bond acceptors (Lipinski definition) is 6. The number of fused-ring (bicyclic) bond motifs is 1. The number of nitrogens with one attached hydrogen (secondary N) is 2. The molecule has 0 aromatic heterocycles. The zero-order valence-electron chi connectivity index (χ0n) is 26.0. The fourth-order valence-corrected chi connectivity index (χ4v) is 7.30. The number of rotatable bonds is 8. The third-order valence-electron chi connectivity index (χ3n) is 7.76. The number of halogens is 1. The average molecular weight is 792 g/mol. The molecule has 1 aliphatic rings. The lowest BCUT2D eigenvalue weighted by molar-refractivity contribution is -0.120. The van der Waals surface area contributed by atoms with Crippen molar-refractivity contribution in [1.29, 1.82) is 5.41 Å². The number of carbonyl (C=O) groups excluding carboxylic acids is 1. The van der Waals surface area contributed by atoms with Crippen LogP contribution in [-0.4, -0.2) is 63.8 Å². The van der Waals surface area contributed by atoms with Crippen LogP contribution < -0.4 is 15.4 Å². The van der Waals surface area contributed by atoms with Crippen LogP contribution in [-0.2, 0) is 24.9 Å². The molecule has 250 valence electrons. The molecule has 2 atom stereocenters. The molecule has 0 spiro atoms. The number of amides is 1. The number of piperidine rings is 1. The maximum Gasteiger partial charge on any atom is 0.294 e. The third kappa shape index (κ3) is 9.96. The van der Waals surface area contributed by atoms with Crippen molar-refractivity contribution in [2.24, 2.45) is 11.7 Å². The van der Waals surface area contributed by atoms with E-state index in [4.69, 9.17) is 15.7 Å². The van der Waals surface area contributed by atoms with Gasteiger partial charge >= 0.3 is 0 Å². The molecule has 1 saturated heterocycles. The molecule has 1 fully saturated rings. The summed E-state index contributed by atoms with van der Waals surface area (Å²) >= 11 is 2.11. The Morgan fingerprint density at radius 2 is 1.62 bits per heavy atom. The van der Waals surface area contributed by atoms with Crippen LogP contribution in [0.25, 0.3) is 10.8 Å². The van der Waals surface area contributed by atoms with Crippen LogP contribution in [0.1, 0.15) is 25.3 Å². The quantitative estimate of drug-likeness (QED) is 0.0836. The number of benzene rings is 4. The van der Waals surface area contributed by atoms with Gasteiger partial charge in [0.1, 0.15) is 0 Å². The summed E-state index contributed by atoms with van der Waals surface area (Å²) in [5, 5.41) is 9.86. The van der Waals surface area contributed by atoms with Gasteiger partial charge in [-0.1, -0.05) is 48.0 Å². The Morgan fingerprint density at radius 3 is 2.23 bits per heavy atom. The van der Waals surface area contributed by atoms with E-state index in [2.05, 4.69) is 27.3 Å². The molecule has 0 saturated carbocycles. The minimum Gasteiger partial charge on any atom is -0.370 e. The molecule has 1 heterocycles. The molecule has 1 amide bonds. The van der Waals surface area contributed by atoms with Gasteiger partial charge in [0.25, 0.3) is 10.1 Å². The van der Waals surface area contributed by atoms with Crippen LogP contribution in [0, 0.1) is 21.8 Å². The monoisotopic (exact) mass is 791 g/mol. The van der Waals surface area contributed by atoms with Gasteiger partial charge in [0, 0.05) is 28.9 Å².